The van der Waals surface area contributed by atoms with Crippen LogP contribution in [-0.4, -0.2) is 31.5 Å². The fraction of sp³-hybridized carbons (Fsp3) is 0.0476. The van der Waals surface area contributed by atoms with Crippen LogP contribution in [0.5, 0.6) is 0 Å². The Labute approximate surface area is 179 Å². The molecule has 0 bridgehead atoms. The first-order chi connectivity index (χ1) is 14.9. The highest BCUT2D eigenvalue weighted by Crippen LogP contribution is 2.37. The number of pyridine rings is 1. The van der Waals surface area contributed by atoms with Crippen LogP contribution in [0.25, 0.3) is 22.3 Å². The Balaban J connectivity index is 1.73. The van der Waals surface area contributed by atoms with Crippen molar-refractivity contribution in [3.8, 4) is 11.3 Å². The van der Waals surface area contributed by atoms with Gasteiger partial charge in [0.05, 0.1) is 27.1 Å². The van der Waals surface area contributed by atoms with Crippen LogP contribution in [0, 0.1) is 10.1 Å². The van der Waals surface area contributed by atoms with Gasteiger partial charge in [-0.1, -0.05) is 29.8 Å². The minimum atomic E-state index is -0.596. The van der Waals surface area contributed by atoms with E-state index in [1.807, 2.05) is 0 Å². The molecule has 2 aromatic carbocycles. The van der Waals surface area contributed by atoms with Crippen molar-refractivity contribution in [3.05, 3.63) is 81.0 Å². The maximum absolute atomic E-state index is 13.4. The van der Waals surface area contributed by atoms with Crippen LogP contribution >= 0.6 is 11.6 Å². The molecule has 0 saturated carbocycles. The fourth-order valence-corrected chi connectivity index (χ4v) is 3.84. The SMILES string of the molecule is Cn1nc(-c2ccc(Cl)cc2)c2c3c(cnc21)C(=O)N(c1cccc([N+](=O)[O-])c1)C3=O. The molecule has 0 N–H and O–H groups in total. The van der Waals surface area contributed by atoms with Crippen molar-refractivity contribution in [2.24, 2.45) is 7.05 Å². The van der Waals surface area contributed by atoms with Crippen molar-refractivity contribution >= 4 is 45.8 Å². The van der Waals surface area contributed by atoms with Gasteiger partial charge >= 0.3 is 0 Å². The van der Waals surface area contributed by atoms with E-state index >= 15 is 0 Å². The van der Waals surface area contributed by atoms with Gasteiger partial charge in [-0.25, -0.2) is 14.6 Å². The first-order valence-electron chi connectivity index (χ1n) is 9.11. The minimum absolute atomic E-state index is 0.116. The number of non-ortho nitro benzene ring substituents is 1. The average molecular weight is 434 g/mol. The molecule has 4 aromatic rings. The Kier molecular flexibility index (Phi) is 4.09. The van der Waals surface area contributed by atoms with E-state index in [9.17, 15) is 19.7 Å². The zero-order chi connectivity index (χ0) is 21.9. The number of nitrogens with zero attached hydrogens (tertiary/aromatic N) is 5. The first kappa shape index (κ1) is 18.9. The number of anilines is 1. The number of aromatic nitrogens is 3. The van der Waals surface area contributed by atoms with Crippen molar-refractivity contribution in [3.63, 3.8) is 0 Å². The zero-order valence-electron chi connectivity index (χ0n) is 15.9. The number of hydrogen-bond acceptors (Lipinski definition) is 6. The Bertz CT molecular complexity index is 1430. The Hall–Kier alpha value is -4.11. The van der Waals surface area contributed by atoms with Gasteiger partial charge in [0.2, 0.25) is 0 Å². The van der Waals surface area contributed by atoms with Gasteiger partial charge in [0.15, 0.2) is 5.65 Å². The van der Waals surface area contributed by atoms with Crippen LogP contribution in [0.2, 0.25) is 5.02 Å². The van der Waals surface area contributed by atoms with Gasteiger partial charge in [0.25, 0.3) is 17.5 Å². The molecule has 2 aromatic heterocycles. The fourth-order valence-electron chi connectivity index (χ4n) is 3.72. The summed E-state index contributed by atoms with van der Waals surface area (Å²) >= 11 is 5.99. The number of carbonyl (C=O) groups excluding carboxylic acids is 2. The molecule has 152 valence electrons. The van der Waals surface area contributed by atoms with E-state index in [4.69, 9.17) is 11.6 Å². The molecule has 0 unspecified atom stereocenters. The molecule has 0 fully saturated rings. The molecule has 0 aliphatic carbocycles. The van der Waals surface area contributed by atoms with Gasteiger partial charge in [-0.3, -0.25) is 19.7 Å². The third-order valence-corrected chi connectivity index (χ3v) is 5.37. The van der Waals surface area contributed by atoms with Gasteiger partial charge in [0.1, 0.15) is 5.69 Å². The highest BCUT2D eigenvalue weighted by atomic mass is 35.5. The average Bonchev–Trinajstić information content (AvgIpc) is 3.23. The lowest BCUT2D eigenvalue weighted by Gasteiger charge is -2.13. The standard InChI is InChI=1S/C21H12ClN5O4/c1-25-19-17(18(24-25)11-5-7-12(22)8-6-11)16-15(10-23-19)20(28)26(21(16)29)13-3-2-4-14(9-13)27(30)31/h2-10H,1H3. The maximum Gasteiger partial charge on any atom is 0.271 e. The molecule has 5 rings (SSSR count). The maximum atomic E-state index is 13.4. The topological polar surface area (TPSA) is 111 Å². The van der Waals surface area contributed by atoms with Crippen LogP contribution in [0.4, 0.5) is 11.4 Å². The molecule has 10 heteroatoms. The molecule has 0 atom stereocenters. The molecule has 9 nitrogen and oxygen atoms in total. The summed E-state index contributed by atoms with van der Waals surface area (Å²) in [6.07, 6.45) is 1.34. The lowest BCUT2D eigenvalue weighted by molar-refractivity contribution is -0.384. The van der Waals surface area contributed by atoms with E-state index < -0.39 is 16.7 Å². The zero-order valence-corrected chi connectivity index (χ0v) is 16.7. The molecule has 1 aliphatic heterocycles. The van der Waals surface area contributed by atoms with Gasteiger partial charge < -0.3 is 0 Å². The quantitative estimate of drug-likeness (QED) is 0.274. The van der Waals surface area contributed by atoms with Crippen molar-refractivity contribution in [2.75, 3.05) is 4.90 Å². The molecule has 31 heavy (non-hydrogen) atoms. The van der Waals surface area contributed by atoms with Crippen LogP contribution < -0.4 is 4.90 Å². The van der Waals surface area contributed by atoms with Crippen molar-refractivity contribution in [2.45, 2.75) is 0 Å². The van der Waals surface area contributed by atoms with Crippen LogP contribution in [0.1, 0.15) is 20.7 Å². The predicted octanol–water partition coefficient (Wildman–Crippen LogP) is 4.00. The lowest BCUT2D eigenvalue weighted by atomic mass is 10.0. The molecule has 0 spiro atoms. The van der Waals surface area contributed by atoms with Gasteiger partial charge in [-0.15, -0.1) is 0 Å². The summed E-state index contributed by atoms with van der Waals surface area (Å²) in [5, 5.41) is 16.6. The number of rotatable bonds is 3. The van der Waals surface area contributed by atoms with E-state index in [0.717, 1.165) is 4.90 Å². The number of carbonyl (C=O) groups is 2. The van der Waals surface area contributed by atoms with E-state index in [-0.39, 0.29) is 22.5 Å². The molecular formula is C21H12ClN5O4. The normalized spacial score (nSPS) is 13.2. The lowest BCUT2D eigenvalue weighted by Crippen LogP contribution is -2.29. The van der Waals surface area contributed by atoms with Gasteiger partial charge in [-0.2, -0.15) is 5.10 Å². The molecule has 3 heterocycles. The second-order valence-corrected chi connectivity index (χ2v) is 7.38. The van der Waals surface area contributed by atoms with Crippen LogP contribution in [0.15, 0.2) is 54.7 Å². The Morgan fingerprint density at radius 2 is 1.81 bits per heavy atom. The molecule has 0 saturated heterocycles. The Morgan fingerprint density at radius 3 is 2.52 bits per heavy atom. The second-order valence-electron chi connectivity index (χ2n) is 6.95. The van der Waals surface area contributed by atoms with Gasteiger partial charge in [0, 0.05) is 36.0 Å². The summed E-state index contributed by atoms with van der Waals surface area (Å²) < 4.78 is 1.54. The number of halogens is 1. The summed E-state index contributed by atoms with van der Waals surface area (Å²) in [5.74, 6) is -1.18. The summed E-state index contributed by atoms with van der Waals surface area (Å²) in [5.41, 5.74) is 1.81. The van der Waals surface area contributed by atoms with Gasteiger partial charge in [-0.05, 0) is 18.2 Å². The molecule has 2 amide bonds. The number of aryl methyl sites for hydroxylation is 1. The van der Waals surface area contributed by atoms with Crippen LogP contribution in [-0.2, 0) is 7.05 Å². The second kappa shape index (κ2) is 6.71. The monoisotopic (exact) mass is 433 g/mol. The van der Waals surface area contributed by atoms with E-state index in [1.165, 1.54) is 35.1 Å². The number of nitro groups is 1. The van der Waals surface area contributed by atoms with Crippen molar-refractivity contribution in [1.29, 1.82) is 0 Å². The summed E-state index contributed by atoms with van der Waals surface area (Å²) in [6.45, 7) is 0. The highest BCUT2D eigenvalue weighted by molar-refractivity contribution is 6.38. The van der Waals surface area contributed by atoms with Crippen molar-refractivity contribution in [1.82, 2.24) is 14.8 Å². The summed E-state index contributed by atoms with van der Waals surface area (Å²) in [6, 6.07) is 12.3. The first-order valence-corrected chi connectivity index (χ1v) is 9.49. The molecule has 0 radical (unpaired) electrons. The number of nitro benzene ring substituents is 1. The Morgan fingerprint density at radius 1 is 1.06 bits per heavy atom. The largest absolute Gasteiger partial charge is 0.271 e. The van der Waals surface area contributed by atoms with E-state index in [2.05, 4.69) is 10.1 Å². The third-order valence-electron chi connectivity index (χ3n) is 5.12. The van der Waals surface area contributed by atoms with Crippen LogP contribution in [0.3, 0.4) is 0 Å². The molecule has 1 aliphatic rings. The summed E-state index contributed by atoms with van der Waals surface area (Å²) in [7, 11) is 1.70. The third kappa shape index (κ3) is 2.78. The highest BCUT2D eigenvalue weighted by Gasteiger charge is 2.40. The summed E-state index contributed by atoms with van der Waals surface area (Å²) in [4.78, 5) is 42.3. The number of fused-ring (bicyclic) bond motifs is 3. The van der Waals surface area contributed by atoms with Crippen molar-refractivity contribution < 1.29 is 14.5 Å². The molecular weight excluding hydrogens is 422 g/mol. The van der Waals surface area contributed by atoms with E-state index in [1.54, 1.807) is 31.3 Å². The van der Waals surface area contributed by atoms with E-state index in [0.29, 0.717) is 27.3 Å². The predicted molar refractivity (Wildman–Crippen MR) is 113 cm³/mol. The number of benzene rings is 2. The smallest absolute Gasteiger partial charge is 0.268 e. The minimum Gasteiger partial charge on any atom is -0.268 e. The number of imide groups is 1. The number of hydrogen-bond donors (Lipinski definition) is 0. The number of amides is 2.